The molecule has 2 aromatic heterocycles. The standard InChI is InChI=1S/C21H18F3N5O2/c1-10-8-9-13(30)11(2)16(10)28-18(25)15(19(26)31)14-17(21(22,23)24)29(27-20(14)28)12-6-4-3-5-7-12/h3-9,30H,25H2,1-2H3,(H2,26,31). The molecule has 5 N–H and O–H groups in total. The van der Waals surface area contributed by atoms with Crippen molar-refractivity contribution in [1.29, 1.82) is 0 Å². The first-order valence-corrected chi connectivity index (χ1v) is 9.19. The molecule has 0 radical (unpaired) electrons. The van der Waals surface area contributed by atoms with Crippen LogP contribution in [0.3, 0.4) is 0 Å². The molecule has 0 atom stereocenters. The van der Waals surface area contributed by atoms with Gasteiger partial charge in [0.05, 0.1) is 22.3 Å². The Kier molecular flexibility index (Phi) is 4.46. The number of halogens is 3. The number of aromatic hydroxyl groups is 1. The van der Waals surface area contributed by atoms with Crippen LogP contribution in [0.4, 0.5) is 19.0 Å². The summed E-state index contributed by atoms with van der Waals surface area (Å²) in [4.78, 5) is 12.2. The van der Waals surface area contributed by atoms with Crippen molar-refractivity contribution in [2.24, 2.45) is 5.73 Å². The molecule has 160 valence electrons. The third-order valence-electron chi connectivity index (χ3n) is 5.17. The predicted molar refractivity (Wildman–Crippen MR) is 109 cm³/mol. The number of carbonyl (C=O) groups is 1. The topological polar surface area (TPSA) is 112 Å². The zero-order valence-electron chi connectivity index (χ0n) is 16.5. The second-order valence-corrected chi connectivity index (χ2v) is 7.13. The highest BCUT2D eigenvalue weighted by Gasteiger charge is 2.42. The minimum Gasteiger partial charge on any atom is -0.508 e. The molecule has 0 aliphatic rings. The number of phenolic OH excluding ortho intramolecular Hbond substituents is 1. The number of primary amides is 1. The number of anilines is 1. The molecule has 0 bridgehead atoms. The molecule has 10 heteroatoms. The Morgan fingerprint density at radius 3 is 2.32 bits per heavy atom. The summed E-state index contributed by atoms with van der Waals surface area (Å²) < 4.78 is 44.6. The highest BCUT2D eigenvalue weighted by atomic mass is 19.4. The summed E-state index contributed by atoms with van der Waals surface area (Å²) in [5.74, 6) is -1.48. The maximum absolute atomic E-state index is 14.2. The Morgan fingerprint density at radius 1 is 1.10 bits per heavy atom. The van der Waals surface area contributed by atoms with Crippen LogP contribution in [0.1, 0.15) is 27.2 Å². The van der Waals surface area contributed by atoms with Crippen LogP contribution in [0.25, 0.3) is 22.4 Å². The third-order valence-corrected chi connectivity index (χ3v) is 5.17. The number of nitrogens with zero attached hydrogens (tertiary/aromatic N) is 3. The van der Waals surface area contributed by atoms with Crippen molar-refractivity contribution in [2.75, 3.05) is 5.73 Å². The molecule has 4 rings (SSSR count). The highest BCUT2D eigenvalue weighted by Crippen LogP contribution is 2.43. The Bertz CT molecular complexity index is 1340. The SMILES string of the molecule is Cc1ccc(O)c(C)c1-n1c(N)c(C(N)=O)c2c(C(F)(F)F)n(-c3ccccc3)nc21. The number of alkyl halides is 3. The molecule has 2 aromatic carbocycles. The van der Waals surface area contributed by atoms with Crippen LogP contribution in [-0.4, -0.2) is 25.4 Å². The van der Waals surface area contributed by atoms with Crippen LogP contribution in [0.2, 0.25) is 0 Å². The Balaban J connectivity index is 2.24. The first-order valence-electron chi connectivity index (χ1n) is 9.19. The molecule has 1 amide bonds. The summed E-state index contributed by atoms with van der Waals surface area (Å²) in [5.41, 5.74) is 11.2. The van der Waals surface area contributed by atoms with E-state index in [1.165, 1.54) is 22.8 Å². The van der Waals surface area contributed by atoms with Gasteiger partial charge in [0.2, 0.25) is 0 Å². The number of benzene rings is 2. The number of fused-ring (bicyclic) bond motifs is 1. The van der Waals surface area contributed by atoms with Crippen LogP contribution in [0.5, 0.6) is 5.75 Å². The van der Waals surface area contributed by atoms with Crippen molar-refractivity contribution in [2.45, 2.75) is 20.0 Å². The van der Waals surface area contributed by atoms with Crippen molar-refractivity contribution in [3.8, 4) is 17.1 Å². The molecular formula is C21H18F3N5O2. The quantitative estimate of drug-likeness (QED) is 0.459. The molecule has 0 unspecified atom stereocenters. The minimum atomic E-state index is -4.86. The lowest BCUT2D eigenvalue weighted by atomic mass is 10.1. The number of carbonyl (C=O) groups excluding carboxylic acids is 1. The maximum Gasteiger partial charge on any atom is 0.434 e. The van der Waals surface area contributed by atoms with Gasteiger partial charge in [0.25, 0.3) is 5.91 Å². The summed E-state index contributed by atoms with van der Waals surface area (Å²) in [6.07, 6.45) is -4.86. The summed E-state index contributed by atoms with van der Waals surface area (Å²) >= 11 is 0. The van der Waals surface area contributed by atoms with Crippen molar-refractivity contribution < 1.29 is 23.1 Å². The summed E-state index contributed by atoms with van der Waals surface area (Å²) in [6, 6.07) is 10.8. The van der Waals surface area contributed by atoms with Crippen molar-refractivity contribution in [1.82, 2.24) is 14.3 Å². The van der Waals surface area contributed by atoms with Crippen molar-refractivity contribution >= 4 is 22.8 Å². The van der Waals surface area contributed by atoms with Crippen LogP contribution in [0.15, 0.2) is 42.5 Å². The zero-order chi connectivity index (χ0) is 22.7. The smallest absolute Gasteiger partial charge is 0.434 e. The lowest BCUT2D eigenvalue weighted by Gasteiger charge is -2.15. The van der Waals surface area contributed by atoms with Gasteiger partial charge in [-0.05, 0) is 37.6 Å². The molecule has 0 aliphatic heterocycles. The van der Waals surface area contributed by atoms with Gasteiger partial charge in [0, 0.05) is 5.56 Å². The van der Waals surface area contributed by atoms with Crippen LogP contribution in [0, 0.1) is 13.8 Å². The molecule has 31 heavy (non-hydrogen) atoms. The number of aryl methyl sites for hydroxylation is 1. The fourth-order valence-corrected chi connectivity index (χ4v) is 3.81. The summed E-state index contributed by atoms with van der Waals surface area (Å²) in [5, 5.41) is 13.9. The van der Waals surface area contributed by atoms with Gasteiger partial charge < -0.3 is 16.6 Å². The Labute approximate surface area is 174 Å². The van der Waals surface area contributed by atoms with Gasteiger partial charge in [-0.3, -0.25) is 9.36 Å². The summed E-state index contributed by atoms with van der Waals surface area (Å²) in [7, 11) is 0. The number of nitrogen functional groups attached to an aromatic ring is 1. The summed E-state index contributed by atoms with van der Waals surface area (Å²) in [6.45, 7) is 3.29. The van der Waals surface area contributed by atoms with Gasteiger partial charge in [0.1, 0.15) is 11.6 Å². The van der Waals surface area contributed by atoms with Crippen molar-refractivity contribution in [3.63, 3.8) is 0 Å². The highest BCUT2D eigenvalue weighted by molar-refractivity contribution is 6.12. The maximum atomic E-state index is 14.2. The van der Waals surface area contributed by atoms with Gasteiger partial charge in [-0.15, -0.1) is 5.10 Å². The lowest BCUT2D eigenvalue weighted by molar-refractivity contribution is -0.141. The molecule has 0 fully saturated rings. The number of hydrogen-bond acceptors (Lipinski definition) is 4. The van der Waals surface area contributed by atoms with Crippen LogP contribution in [-0.2, 0) is 6.18 Å². The van der Waals surface area contributed by atoms with E-state index in [1.807, 2.05) is 0 Å². The molecular weight excluding hydrogens is 411 g/mol. The number of phenols is 1. The molecule has 4 aromatic rings. The van der Waals surface area contributed by atoms with E-state index in [-0.39, 0.29) is 22.9 Å². The van der Waals surface area contributed by atoms with Crippen LogP contribution >= 0.6 is 0 Å². The second-order valence-electron chi connectivity index (χ2n) is 7.13. The predicted octanol–water partition coefficient (Wildman–Crippen LogP) is 3.84. The second kappa shape index (κ2) is 6.79. The van der Waals surface area contributed by atoms with Gasteiger partial charge in [-0.2, -0.15) is 13.2 Å². The fourth-order valence-electron chi connectivity index (χ4n) is 3.81. The van der Waals surface area contributed by atoms with E-state index < -0.39 is 28.7 Å². The van der Waals surface area contributed by atoms with E-state index in [0.717, 1.165) is 4.68 Å². The zero-order valence-corrected chi connectivity index (χ0v) is 16.5. The van der Waals surface area contributed by atoms with E-state index in [9.17, 15) is 23.1 Å². The van der Waals surface area contributed by atoms with Crippen molar-refractivity contribution in [3.05, 3.63) is 64.8 Å². The number of aromatic nitrogens is 3. The number of para-hydroxylation sites is 1. The number of rotatable bonds is 3. The molecule has 2 heterocycles. The molecule has 0 saturated heterocycles. The fraction of sp³-hybridized carbons (Fsp3) is 0.143. The van der Waals surface area contributed by atoms with Crippen LogP contribution < -0.4 is 11.5 Å². The average molecular weight is 429 g/mol. The minimum absolute atomic E-state index is 0.0824. The third kappa shape index (κ3) is 2.98. The number of hydrogen-bond donors (Lipinski definition) is 3. The lowest BCUT2D eigenvalue weighted by Crippen LogP contribution is -2.18. The van der Waals surface area contributed by atoms with E-state index in [2.05, 4.69) is 5.10 Å². The molecule has 0 saturated carbocycles. The number of nitrogens with two attached hydrogens (primary N) is 2. The molecule has 0 spiro atoms. The number of amides is 1. The van der Waals surface area contributed by atoms with E-state index in [4.69, 9.17) is 11.5 Å². The molecule has 0 aliphatic carbocycles. The van der Waals surface area contributed by atoms with Gasteiger partial charge in [0.15, 0.2) is 11.3 Å². The Hall–Kier alpha value is -3.95. The monoisotopic (exact) mass is 429 g/mol. The first kappa shape index (κ1) is 20.3. The van der Waals surface area contributed by atoms with E-state index >= 15 is 0 Å². The average Bonchev–Trinajstić information content (AvgIpc) is 3.20. The van der Waals surface area contributed by atoms with Gasteiger partial charge >= 0.3 is 6.18 Å². The van der Waals surface area contributed by atoms with Gasteiger partial charge in [-0.25, -0.2) is 4.68 Å². The normalized spacial score (nSPS) is 11.9. The Morgan fingerprint density at radius 2 is 1.74 bits per heavy atom. The van der Waals surface area contributed by atoms with E-state index in [1.54, 1.807) is 38.1 Å². The van der Waals surface area contributed by atoms with E-state index in [0.29, 0.717) is 16.8 Å². The first-order chi connectivity index (χ1) is 14.5. The molecule has 7 nitrogen and oxygen atoms in total. The van der Waals surface area contributed by atoms with Gasteiger partial charge in [-0.1, -0.05) is 24.3 Å². The largest absolute Gasteiger partial charge is 0.508 e.